The predicted octanol–water partition coefficient (Wildman–Crippen LogP) is 2.38. The molecule has 2 amide bonds. The minimum Gasteiger partial charge on any atom is -0.460 e. The Hall–Kier alpha value is -3.15. The van der Waals surface area contributed by atoms with Crippen LogP contribution in [0, 0.1) is 6.92 Å². The zero-order valence-electron chi connectivity index (χ0n) is 13.8. The van der Waals surface area contributed by atoms with Gasteiger partial charge in [-0.15, -0.1) is 0 Å². The van der Waals surface area contributed by atoms with Crippen molar-refractivity contribution in [2.75, 3.05) is 19.6 Å². The topological polar surface area (TPSA) is 75.4 Å². The molecule has 1 aromatic carbocycles. The van der Waals surface area contributed by atoms with Gasteiger partial charge in [0, 0.05) is 18.5 Å². The summed E-state index contributed by atoms with van der Waals surface area (Å²) in [6.07, 6.45) is 0. The first-order chi connectivity index (χ1) is 12.1. The lowest BCUT2D eigenvalue weighted by Gasteiger charge is -2.27. The molecule has 0 saturated carbocycles. The van der Waals surface area contributed by atoms with Crippen molar-refractivity contribution < 1.29 is 14.0 Å². The summed E-state index contributed by atoms with van der Waals surface area (Å²) in [4.78, 5) is 30.9. The Morgan fingerprint density at radius 3 is 2.84 bits per heavy atom. The van der Waals surface area contributed by atoms with Crippen LogP contribution in [-0.4, -0.2) is 41.3 Å². The number of fused-ring (bicyclic) bond motifs is 1. The molecule has 25 heavy (non-hydrogen) atoms. The van der Waals surface area contributed by atoms with Crippen molar-refractivity contribution in [1.29, 1.82) is 0 Å². The lowest BCUT2D eigenvalue weighted by molar-refractivity contribution is -0.123. The number of aromatic nitrogens is 1. The second-order valence-corrected chi connectivity index (χ2v) is 6.06. The van der Waals surface area contributed by atoms with E-state index in [1.807, 2.05) is 43.3 Å². The van der Waals surface area contributed by atoms with Crippen molar-refractivity contribution in [1.82, 2.24) is 15.2 Å². The van der Waals surface area contributed by atoms with E-state index in [2.05, 4.69) is 10.3 Å². The van der Waals surface area contributed by atoms with Crippen molar-refractivity contribution in [3.63, 3.8) is 0 Å². The van der Waals surface area contributed by atoms with Crippen LogP contribution in [0.5, 0.6) is 0 Å². The van der Waals surface area contributed by atoms with Gasteiger partial charge in [0.05, 0.1) is 17.6 Å². The highest BCUT2D eigenvalue weighted by molar-refractivity contribution is 6.08. The van der Waals surface area contributed by atoms with Gasteiger partial charge in [-0.1, -0.05) is 18.2 Å². The molecular weight excluding hydrogens is 318 g/mol. The third-order valence-electron chi connectivity index (χ3n) is 4.26. The summed E-state index contributed by atoms with van der Waals surface area (Å²) in [5.41, 5.74) is 1.86. The van der Waals surface area contributed by atoms with Crippen LogP contribution in [0.15, 0.2) is 46.9 Å². The molecule has 3 heterocycles. The average Bonchev–Trinajstić information content (AvgIpc) is 3.06. The molecule has 1 fully saturated rings. The molecule has 1 N–H and O–H groups in total. The van der Waals surface area contributed by atoms with E-state index < -0.39 is 0 Å². The molecule has 0 spiro atoms. The largest absolute Gasteiger partial charge is 0.460 e. The quantitative estimate of drug-likeness (QED) is 0.780. The van der Waals surface area contributed by atoms with Crippen molar-refractivity contribution >= 4 is 22.7 Å². The molecule has 0 radical (unpaired) electrons. The summed E-state index contributed by atoms with van der Waals surface area (Å²) < 4.78 is 5.66. The van der Waals surface area contributed by atoms with Crippen LogP contribution >= 0.6 is 0 Å². The highest BCUT2D eigenvalue weighted by atomic mass is 16.3. The maximum Gasteiger partial charge on any atom is 0.255 e. The smallest absolute Gasteiger partial charge is 0.255 e. The number of carbonyl (C=O) groups is 2. The predicted molar refractivity (Wildman–Crippen MR) is 93.1 cm³/mol. The van der Waals surface area contributed by atoms with E-state index in [0.29, 0.717) is 30.1 Å². The number of amides is 2. The Balaban J connectivity index is 1.83. The second kappa shape index (κ2) is 6.05. The van der Waals surface area contributed by atoms with Gasteiger partial charge in [0.25, 0.3) is 5.91 Å². The molecule has 0 atom stereocenters. The van der Waals surface area contributed by atoms with E-state index in [1.165, 1.54) is 0 Å². The molecule has 6 heteroatoms. The molecule has 1 saturated heterocycles. The Bertz CT molecular complexity index is 977. The number of aryl methyl sites for hydroxylation is 1. The zero-order chi connectivity index (χ0) is 17.4. The van der Waals surface area contributed by atoms with Crippen LogP contribution in [0.1, 0.15) is 16.1 Å². The van der Waals surface area contributed by atoms with E-state index in [0.717, 1.165) is 16.7 Å². The van der Waals surface area contributed by atoms with Gasteiger partial charge < -0.3 is 14.6 Å². The third-order valence-corrected chi connectivity index (χ3v) is 4.26. The number of nitrogens with one attached hydrogen (secondary N) is 1. The summed E-state index contributed by atoms with van der Waals surface area (Å²) in [5.74, 6) is 1.09. The number of nitrogens with zero attached hydrogens (tertiary/aromatic N) is 2. The molecule has 0 aliphatic carbocycles. The molecule has 2 aromatic heterocycles. The Morgan fingerprint density at radius 2 is 2.08 bits per heavy atom. The maximum atomic E-state index is 13.0. The number of benzene rings is 1. The molecule has 0 unspecified atom stereocenters. The molecule has 0 bridgehead atoms. The van der Waals surface area contributed by atoms with Crippen molar-refractivity contribution in [3.05, 3.63) is 53.8 Å². The molecule has 4 rings (SSSR count). The first-order valence-corrected chi connectivity index (χ1v) is 8.14. The number of hydrogen-bond acceptors (Lipinski definition) is 4. The van der Waals surface area contributed by atoms with E-state index in [-0.39, 0.29) is 18.4 Å². The number of furan rings is 1. The second-order valence-electron chi connectivity index (χ2n) is 6.06. The summed E-state index contributed by atoms with van der Waals surface area (Å²) in [6.45, 7) is 2.90. The summed E-state index contributed by atoms with van der Waals surface area (Å²) in [6, 6.07) is 13.0. The third kappa shape index (κ3) is 2.87. The highest BCUT2D eigenvalue weighted by Crippen LogP contribution is 2.27. The van der Waals surface area contributed by atoms with Crippen molar-refractivity contribution in [2.45, 2.75) is 6.92 Å². The lowest BCUT2D eigenvalue weighted by Crippen LogP contribution is -2.50. The summed E-state index contributed by atoms with van der Waals surface area (Å²) in [7, 11) is 0. The van der Waals surface area contributed by atoms with Crippen LogP contribution < -0.4 is 5.32 Å². The molecule has 1 aliphatic heterocycles. The summed E-state index contributed by atoms with van der Waals surface area (Å²) >= 11 is 0. The van der Waals surface area contributed by atoms with Crippen molar-refractivity contribution in [2.24, 2.45) is 0 Å². The Kier molecular flexibility index (Phi) is 3.72. The number of carbonyl (C=O) groups excluding carboxylic acids is 2. The van der Waals surface area contributed by atoms with E-state index in [4.69, 9.17) is 4.42 Å². The van der Waals surface area contributed by atoms with Gasteiger partial charge in [0.2, 0.25) is 5.91 Å². The summed E-state index contributed by atoms with van der Waals surface area (Å²) in [5, 5.41) is 3.50. The van der Waals surface area contributed by atoms with Gasteiger partial charge in [0.15, 0.2) is 5.76 Å². The van der Waals surface area contributed by atoms with Crippen LogP contribution in [-0.2, 0) is 4.79 Å². The Labute approximate surface area is 144 Å². The fraction of sp³-hybridized carbons (Fsp3) is 0.211. The molecule has 6 nitrogen and oxygen atoms in total. The zero-order valence-corrected chi connectivity index (χ0v) is 13.8. The standard InChI is InChI=1S/C19H17N3O3/c1-12-6-7-17(25-12)16-10-14(13-4-2-3-5-15(13)21-16)19(24)22-9-8-20-18(23)11-22/h2-7,10H,8-9,11H2,1H3,(H,20,23). The van der Waals surface area contributed by atoms with Gasteiger partial charge in [-0.25, -0.2) is 4.98 Å². The fourth-order valence-electron chi connectivity index (χ4n) is 3.03. The average molecular weight is 335 g/mol. The van der Waals surface area contributed by atoms with Crippen LogP contribution in [0.3, 0.4) is 0 Å². The monoisotopic (exact) mass is 335 g/mol. The minimum atomic E-state index is -0.169. The first kappa shape index (κ1) is 15.4. The van der Waals surface area contributed by atoms with Gasteiger partial charge in [-0.2, -0.15) is 0 Å². The number of pyridine rings is 1. The number of hydrogen-bond donors (Lipinski definition) is 1. The first-order valence-electron chi connectivity index (χ1n) is 8.14. The highest BCUT2D eigenvalue weighted by Gasteiger charge is 2.24. The van der Waals surface area contributed by atoms with E-state index >= 15 is 0 Å². The van der Waals surface area contributed by atoms with Crippen LogP contribution in [0.4, 0.5) is 0 Å². The van der Waals surface area contributed by atoms with Gasteiger partial charge in [-0.05, 0) is 31.2 Å². The van der Waals surface area contributed by atoms with Gasteiger partial charge in [-0.3, -0.25) is 9.59 Å². The van der Waals surface area contributed by atoms with Gasteiger partial charge >= 0.3 is 0 Å². The number of rotatable bonds is 2. The minimum absolute atomic E-state index is 0.0741. The number of piperazine rings is 1. The normalized spacial score (nSPS) is 14.6. The molecular formula is C19H17N3O3. The van der Waals surface area contributed by atoms with E-state index in [1.54, 1.807) is 11.0 Å². The van der Waals surface area contributed by atoms with Crippen molar-refractivity contribution in [3.8, 4) is 11.5 Å². The van der Waals surface area contributed by atoms with Crippen LogP contribution in [0.25, 0.3) is 22.4 Å². The molecule has 3 aromatic rings. The van der Waals surface area contributed by atoms with E-state index in [9.17, 15) is 9.59 Å². The fourth-order valence-corrected chi connectivity index (χ4v) is 3.03. The van der Waals surface area contributed by atoms with Gasteiger partial charge in [0.1, 0.15) is 11.5 Å². The number of para-hydroxylation sites is 1. The lowest BCUT2D eigenvalue weighted by atomic mass is 10.0. The van der Waals surface area contributed by atoms with Crippen LogP contribution in [0.2, 0.25) is 0 Å². The Morgan fingerprint density at radius 1 is 1.24 bits per heavy atom. The molecule has 126 valence electrons. The maximum absolute atomic E-state index is 13.0. The molecule has 1 aliphatic rings. The SMILES string of the molecule is Cc1ccc(-c2cc(C(=O)N3CCNC(=O)C3)c3ccccc3n2)o1.